The van der Waals surface area contributed by atoms with Crippen molar-refractivity contribution in [2.75, 3.05) is 32.7 Å². The summed E-state index contributed by atoms with van der Waals surface area (Å²) in [5, 5.41) is 0. The Morgan fingerprint density at radius 1 is 1.03 bits per heavy atom. The summed E-state index contributed by atoms with van der Waals surface area (Å²) in [6, 6.07) is 14.8. The first-order valence-electron chi connectivity index (χ1n) is 10.1. The molecular weight excluding hydrogens is 466 g/mol. The number of carbonyl (C=O) groups is 1. The lowest BCUT2D eigenvalue weighted by atomic mass is 10.1. The van der Waals surface area contributed by atoms with Gasteiger partial charge in [0.25, 0.3) is 0 Å². The molecule has 3 rings (SSSR count). The lowest BCUT2D eigenvalue weighted by Gasteiger charge is -2.22. The Bertz CT molecular complexity index is 964. The second kappa shape index (κ2) is 10.5. The van der Waals surface area contributed by atoms with E-state index in [0.29, 0.717) is 13.1 Å². The lowest BCUT2D eigenvalue weighted by Crippen LogP contribution is -2.37. The first kappa shape index (κ1) is 22.9. The van der Waals surface area contributed by atoms with Gasteiger partial charge < -0.3 is 4.90 Å². The summed E-state index contributed by atoms with van der Waals surface area (Å²) in [7, 11) is -3.61. The maximum atomic E-state index is 12.6. The standard InChI is InChI=1S/C22H28BrN3O3S/c1-18-5-2-3-6-19(18)17-25-13-4-14-26(16-15-25)22(27)11-12-24-30(28,29)21-9-7-20(23)8-10-21/h2-3,5-10,24H,4,11-17H2,1H3. The van der Waals surface area contributed by atoms with Crippen LogP contribution in [0.4, 0.5) is 0 Å². The van der Waals surface area contributed by atoms with Crippen LogP contribution in [0.2, 0.25) is 0 Å². The van der Waals surface area contributed by atoms with E-state index in [-0.39, 0.29) is 23.8 Å². The van der Waals surface area contributed by atoms with Crippen LogP contribution in [-0.4, -0.2) is 56.8 Å². The number of halogens is 1. The van der Waals surface area contributed by atoms with Crippen molar-refractivity contribution in [3.05, 3.63) is 64.1 Å². The van der Waals surface area contributed by atoms with Crippen molar-refractivity contribution in [1.82, 2.24) is 14.5 Å². The fourth-order valence-corrected chi connectivity index (χ4v) is 4.85. The molecule has 162 valence electrons. The Hall–Kier alpha value is -1.74. The average molecular weight is 494 g/mol. The summed E-state index contributed by atoms with van der Waals surface area (Å²) in [6.07, 6.45) is 1.08. The van der Waals surface area contributed by atoms with Crippen LogP contribution >= 0.6 is 15.9 Å². The summed E-state index contributed by atoms with van der Waals surface area (Å²) in [5.74, 6) is -0.00810. The van der Waals surface area contributed by atoms with Gasteiger partial charge in [-0.05, 0) is 48.7 Å². The number of nitrogens with one attached hydrogen (secondary N) is 1. The Balaban J connectivity index is 1.47. The minimum atomic E-state index is -3.61. The molecule has 0 unspecified atom stereocenters. The number of hydrogen-bond donors (Lipinski definition) is 1. The highest BCUT2D eigenvalue weighted by Crippen LogP contribution is 2.15. The third-order valence-corrected chi connectivity index (χ3v) is 7.36. The van der Waals surface area contributed by atoms with Gasteiger partial charge in [0.2, 0.25) is 15.9 Å². The zero-order valence-electron chi connectivity index (χ0n) is 17.2. The zero-order valence-corrected chi connectivity index (χ0v) is 19.6. The van der Waals surface area contributed by atoms with Crippen LogP contribution in [-0.2, 0) is 21.4 Å². The molecule has 1 N–H and O–H groups in total. The molecule has 2 aromatic carbocycles. The molecule has 0 aliphatic carbocycles. The van der Waals surface area contributed by atoms with Crippen molar-refractivity contribution in [2.45, 2.75) is 31.2 Å². The van der Waals surface area contributed by atoms with Crippen LogP contribution in [0.3, 0.4) is 0 Å². The predicted octanol–water partition coefficient (Wildman–Crippen LogP) is 3.16. The monoisotopic (exact) mass is 493 g/mol. The third-order valence-electron chi connectivity index (χ3n) is 5.35. The number of sulfonamides is 1. The van der Waals surface area contributed by atoms with E-state index in [1.54, 1.807) is 12.1 Å². The molecule has 0 aromatic heterocycles. The van der Waals surface area contributed by atoms with E-state index in [4.69, 9.17) is 0 Å². The van der Waals surface area contributed by atoms with Crippen LogP contribution in [0.5, 0.6) is 0 Å². The van der Waals surface area contributed by atoms with E-state index >= 15 is 0 Å². The quantitative estimate of drug-likeness (QED) is 0.642. The van der Waals surface area contributed by atoms with Crippen LogP contribution in [0.15, 0.2) is 57.9 Å². The molecule has 6 nitrogen and oxygen atoms in total. The minimum absolute atomic E-state index is 0.00810. The Morgan fingerprint density at radius 2 is 1.77 bits per heavy atom. The van der Waals surface area contributed by atoms with Crippen molar-refractivity contribution in [2.24, 2.45) is 0 Å². The van der Waals surface area contributed by atoms with Gasteiger partial charge in [0, 0.05) is 50.2 Å². The molecular formula is C22H28BrN3O3S. The van der Waals surface area contributed by atoms with Crippen molar-refractivity contribution in [3.63, 3.8) is 0 Å². The normalized spacial score (nSPS) is 15.7. The first-order valence-corrected chi connectivity index (χ1v) is 12.4. The number of amides is 1. The van der Waals surface area contributed by atoms with E-state index in [2.05, 4.69) is 50.7 Å². The largest absolute Gasteiger partial charge is 0.341 e. The van der Waals surface area contributed by atoms with Crippen molar-refractivity contribution in [1.29, 1.82) is 0 Å². The van der Waals surface area contributed by atoms with Gasteiger partial charge in [-0.25, -0.2) is 13.1 Å². The fraction of sp³-hybridized carbons (Fsp3) is 0.409. The number of aryl methyl sites for hydroxylation is 1. The van der Waals surface area contributed by atoms with E-state index in [1.165, 1.54) is 23.3 Å². The Morgan fingerprint density at radius 3 is 2.50 bits per heavy atom. The summed E-state index contributed by atoms with van der Waals surface area (Å²) in [4.78, 5) is 17.0. The second-order valence-corrected chi connectivity index (χ2v) is 10.2. The summed E-state index contributed by atoms with van der Waals surface area (Å²) >= 11 is 3.29. The Kier molecular flexibility index (Phi) is 8.05. The average Bonchev–Trinajstić information content (AvgIpc) is 2.95. The second-order valence-electron chi connectivity index (χ2n) is 7.54. The third kappa shape index (κ3) is 6.38. The maximum Gasteiger partial charge on any atom is 0.240 e. The maximum absolute atomic E-state index is 12.6. The van der Waals surface area contributed by atoms with Crippen LogP contribution in [0.25, 0.3) is 0 Å². The Labute approximate surface area is 187 Å². The summed E-state index contributed by atoms with van der Waals surface area (Å²) < 4.78 is 28.0. The highest BCUT2D eigenvalue weighted by atomic mass is 79.9. The molecule has 0 bridgehead atoms. The molecule has 1 aliphatic heterocycles. The molecule has 8 heteroatoms. The van der Waals surface area contributed by atoms with E-state index in [1.807, 2.05) is 11.0 Å². The highest BCUT2D eigenvalue weighted by molar-refractivity contribution is 9.10. The lowest BCUT2D eigenvalue weighted by molar-refractivity contribution is -0.130. The summed E-state index contributed by atoms with van der Waals surface area (Å²) in [6.45, 7) is 6.27. The van der Waals surface area contributed by atoms with Crippen LogP contribution in [0.1, 0.15) is 24.0 Å². The molecule has 2 aromatic rings. The predicted molar refractivity (Wildman–Crippen MR) is 122 cm³/mol. The molecule has 0 radical (unpaired) electrons. The van der Waals surface area contributed by atoms with Gasteiger partial charge in [-0.15, -0.1) is 0 Å². The number of hydrogen-bond acceptors (Lipinski definition) is 4. The van der Waals surface area contributed by atoms with Crippen LogP contribution < -0.4 is 4.72 Å². The van der Waals surface area contributed by atoms with Crippen molar-refractivity contribution in [3.8, 4) is 0 Å². The number of rotatable bonds is 7. The molecule has 0 spiro atoms. The van der Waals surface area contributed by atoms with Crippen molar-refractivity contribution < 1.29 is 13.2 Å². The SMILES string of the molecule is Cc1ccccc1CN1CCCN(C(=O)CCNS(=O)(=O)c2ccc(Br)cc2)CC1. The molecule has 1 aliphatic rings. The summed E-state index contributed by atoms with van der Waals surface area (Å²) in [5.41, 5.74) is 2.60. The van der Waals surface area contributed by atoms with Gasteiger partial charge >= 0.3 is 0 Å². The first-order chi connectivity index (χ1) is 14.3. The smallest absolute Gasteiger partial charge is 0.240 e. The highest BCUT2D eigenvalue weighted by Gasteiger charge is 2.20. The van der Waals surface area contributed by atoms with Gasteiger partial charge in [-0.1, -0.05) is 40.2 Å². The van der Waals surface area contributed by atoms with Gasteiger partial charge in [0.05, 0.1) is 4.90 Å². The van der Waals surface area contributed by atoms with E-state index in [0.717, 1.165) is 30.5 Å². The number of carbonyl (C=O) groups excluding carboxylic acids is 1. The number of nitrogens with zero attached hydrogens (tertiary/aromatic N) is 2. The van der Waals surface area contributed by atoms with Crippen molar-refractivity contribution >= 4 is 31.9 Å². The van der Waals surface area contributed by atoms with Gasteiger partial charge in [0.1, 0.15) is 0 Å². The molecule has 1 amide bonds. The van der Waals surface area contributed by atoms with Crippen LogP contribution in [0, 0.1) is 6.92 Å². The molecule has 0 atom stereocenters. The molecule has 1 heterocycles. The molecule has 0 saturated carbocycles. The van der Waals surface area contributed by atoms with E-state index in [9.17, 15) is 13.2 Å². The zero-order chi connectivity index (χ0) is 21.6. The number of benzene rings is 2. The van der Waals surface area contributed by atoms with E-state index < -0.39 is 10.0 Å². The topological polar surface area (TPSA) is 69.7 Å². The van der Waals surface area contributed by atoms with Gasteiger partial charge in [0.15, 0.2) is 0 Å². The molecule has 30 heavy (non-hydrogen) atoms. The van der Waals surface area contributed by atoms with Gasteiger partial charge in [-0.2, -0.15) is 0 Å². The minimum Gasteiger partial charge on any atom is -0.341 e. The molecule has 1 saturated heterocycles. The van der Waals surface area contributed by atoms with Gasteiger partial charge in [-0.3, -0.25) is 9.69 Å². The fourth-order valence-electron chi connectivity index (χ4n) is 3.55. The molecule has 1 fully saturated rings.